The smallest absolute Gasteiger partial charge is 0.0570 e. The van der Waals surface area contributed by atoms with Crippen LogP contribution in [0.4, 0.5) is 0 Å². The predicted molar refractivity (Wildman–Crippen MR) is 39.6 cm³/mol. The molecule has 0 unspecified atom stereocenters. The van der Waals surface area contributed by atoms with Crippen LogP contribution in [0.2, 0.25) is 0 Å². The highest BCUT2D eigenvalue weighted by molar-refractivity contribution is 5.60. The van der Waals surface area contributed by atoms with Crippen LogP contribution in [0.3, 0.4) is 0 Å². The molecule has 48 valence electrons. The molecule has 0 fully saturated rings. The minimum absolute atomic E-state index is 0.798. The Hall–Kier alpha value is -1.05. The molecule has 9 heavy (non-hydrogen) atoms. The van der Waals surface area contributed by atoms with Crippen molar-refractivity contribution in [1.29, 1.82) is 0 Å². The lowest BCUT2D eigenvalue weighted by Crippen LogP contribution is -2.07. The van der Waals surface area contributed by atoms with E-state index in [1.54, 1.807) is 0 Å². The van der Waals surface area contributed by atoms with Crippen molar-refractivity contribution in [2.24, 2.45) is 4.99 Å². The molecule has 0 amide bonds. The van der Waals surface area contributed by atoms with Crippen LogP contribution >= 0.6 is 0 Å². The van der Waals surface area contributed by atoms with Crippen molar-refractivity contribution in [2.45, 2.75) is 0 Å². The summed E-state index contributed by atoms with van der Waals surface area (Å²) in [5, 5.41) is 3.05. The number of hydrogen-bond acceptors (Lipinski definition) is 2. The zero-order chi connectivity index (χ0) is 6.36. The molecule has 0 aromatic rings. The Kier molecular flexibility index (Phi) is 2.63. The SMILES string of the molecule is C1=C\C/N=C\CN\C=C/1. The highest BCUT2D eigenvalue weighted by atomic mass is 14.8. The summed E-state index contributed by atoms with van der Waals surface area (Å²) in [6.45, 7) is 1.63. The normalized spacial score (nSPS) is 28.4. The lowest BCUT2D eigenvalue weighted by Gasteiger charge is -1.88. The van der Waals surface area contributed by atoms with Crippen LogP contribution in [0.25, 0.3) is 0 Å². The third-order valence-corrected chi connectivity index (χ3v) is 1.01. The van der Waals surface area contributed by atoms with Crippen molar-refractivity contribution < 1.29 is 0 Å². The molecular weight excluding hydrogens is 112 g/mol. The number of nitrogens with one attached hydrogen (secondary N) is 1. The summed E-state index contributed by atoms with van der Waals surface area (Å²) < 4.78 is 0. The molecule has 1 heterocycles. The Morgan fingerprint density at radius 2 is 2.33 bits per heavy atom. The minimum Gasteiger partial charge on any atom is -0.386 e. The number of allylic oxidation sites excluding steroid dienone is 2. The first-order valence-corrected chi connectivity index (χ1v) is 3.03. The first kappa shape index (κ1) is 6.08. The average Bonchev–Trinajstić information content (AvgIpc) is 2.00. The van der Waals surface area contributed by atoms with E-state index < -0.39 is 0 Å². The summed E-state index contributed by atoms with van der Waals surface area (Å²) in [7, 11) is 0. The van der Waals surface area contributed by atoms with Crippen LogP contribution in [-0.4, -0.2) is 19.3 Å². The Bertz CT molecular complexity index is 145. The largest absolute Gasteiger partial charge is 0.386 e. The van der Waals surface area contributed by atoms with Crippen molar-refractivity contribution in [3.05, 3.63) is 24.4 Å². The highest BCUT2D eigenvalue weighted by Crippen LogP contribution is 1.78. The maximum atomic E-state index is 4.08. The molecule has 1 N–H and O–H groups in total. The van der Waals surface area contributed by atoms with E-state index in [1.165, 1.54) is 0 Å². The van der Waals surface area contributed by atoms with Crippen LogP contribution in [0.15, 0.2) is 29.4 Å². The summed E-state index contributed by atoms with van der Waals surface area (Å²) in [6.07, 6.45) is 9.75. The number of aliphatic imine (C=N–C) groups is 1. The number of nitrogens with zero attached hydrogens (tertiary/aromatic N) is 1. The van der Waals surface area contributed by atoms with Gasteiger partial charge in [-0.3, -0.25) is 4.99 Å². The van der Waals surface area contributed by atoms with E-state index in [1.807, 2.05) is 30.6 Å². The van der Waals surface area contributed by atoms with Crippen molar-refractivity contribution in [3.8, 4) is 0 Å². The van der Waals surface area contributed by atoms with Crippen LogP contribution in [0.5, 0.6) is 0 Å². The molecule has 0 radical (unpaired) electrons. The van der Waals surface area contributed by atoms with Gasteiger partial charge in [0.05, 0.1) is 6.54 Å². The van der Waals surface area contributed by atoms with Gasteiger partial charge in [0, 0.05) is 12.8 Å². The maximum Gasteiger partial charge on any atom is 0.0570 e. The third kappa shape index (κ3) is 2.69. The topological polar surface area (TPSA) is 24.4 Å². The van der Waals surface area contributed by atoms with E-state index in [0.29, 0.717) is 0 Å². The van der Waals surface area contributed by atoms with Crippen LogP contribution in [0.1, 0.15) is 0 Å². The van der Waals surface area contributed by atoms with E-state index in [9.17, 15) is 0 Å². The molecule has 2 heteroatoms. The zero-order valence-corrected chi connectivity index (χ0v) is 5.25. The maximum absolute atomic E-state index is 4.08. The molecule has 0 aromatic heterocycles. The molecule has 1 rings (SSSR count). The quantitative estimate of drug-likeness (QED) is 0.503. The molecule has 0 aromatic carbocycles. The average molecular weight is 122 g/mol. The minimum atomic E-state index is 0.798. The zero-order valence-electron chi connectivity index (χ0n) is 5.25. The predicted octanol–water partition coefficient (Wildman–Crippen LogP) is 0.730. The second-order valence-electron chi connectivity index (χ2n) is 1.74. The van der Waals surface area contributed by atoms with Gasteiger partial charge in [-0.1, -0.05) is 12.2 Å². The monoisotopic (exact) mass is 122 g/mol. The molecule has 2 nitrogen and oxygen atoms in total. The fourth-order valence-electron chi connectivity index (χ4n) is 0.584. The molecule has 1 aliphatic rings. The van der Waals surface area contributed by atoms with E-state index >= 15 is 0 Å². The molecule has 0 atom stereocenters. The highest BCUT2D eigenvalue weighted by Gasteiger charge is 1.75. The van der Waals surface area contributed by atoms with Gasteiger partial charge in [-0.15, -0.1) is 0 Å². The van der Waals surface area contributed by atoms with Crippen molar-refractivity contribution in [2.75, 3.05) is 13.1 Å². The van der Waals surface area contributed by atoms with Gasteiger partial charge >= 0.3 is 0 Å². The molecule has 0 aliphatic carbocycles. The Morgan fingerprint density at radius 1 is 1.33 bits per heavy atom. The summed E-state index contributed by atoms with van der Waals surface area (Å²) >= 11 is 0. The Balaban J connectivity index is 2.43. The van der Waals surface area contributed by atoms with E-state index in [2.05, 4.69) is 10.3 Å². The van der Waals surface area contributed by atoms with Gasteiger partial charge < -0.3 is 5.32 Å². The van der Waals surface area contributed by atoms with Crippen LogP contribution < -0.4 is 5.32 Å². The van der Waals surface area contributed by atoms with Crippen molar-refractivity contribution >= 4 is 6.21 Å². The Labute approximate surface area is 55.0 Å². The summed E-state index contributed by atoms with van der Waals surface area (Å²) in [5.74, 6) is 0. The van der Waals surface area contributed by atoms with E-state index in [0.717, 1.165) is 13.1 Å². The van der Waals surface area contributed by atoms with Gasteiger partial charge in [0.2, 0.25) is 0 Å². The summed E-state index contributed by atoms with van der Waals surface area (Å²) in [6, 6.07) is 0. The standard InChI is InChI=1S/C7H10N2/c1-2-4-8-6-7-9-5-3-1/h1-4,7-8H,5-6H2/b3-1-,4-2-,9-7-. The molecule has 0 saturated heterocycles. The Morgan fingerprint density at radius 3 is 3.33 bits per heavy atom. The van der Waals surface area contributed by atoms with Crippen LogP contribution in [0, 0.1) is 0 Å². The van der Waals surface area contributed by atoms with Gasteiger partial charge in [-0.25, -0.2) is 0 Å². The van der Waals surface area contributed by atoms with Gasteiger partial charge in [0.25, 0.3) is 0 Å². The lowest BCUT2D eigenvalue weighted by molar-refractivity contribution is 1.03. The number of rotatable bonds is 0. The molecule has 0 saturated carbocycles. The summed E-state index contributed by atoms with van der Waals surface area (Å²) in [4.78, 5) is 4.08. The first-order valence-electron chi connectivity index (χ1n) is 3.03. The summed E-state index contributed by atoms with van der Waals surface area (Å²) in [5.41, 5.74) is 0. The van der Waals surface area contributed by atoms with E-state index in [-0.39, 0.29) is 0 Å². The van der Waals surface area contributed by atoms with Gasteiger partial charge in [0.1, 0.15) is 0 Å². The van der Waals surface area contributed by atoms with E-state index in [4.69, 9.17) is 0 Å². The van der Waals surface area contributed by atoms with Gasteiger partial charge in [0.15, 0.2) is 0 Å². The first-order chi connectivity index (χ1) is 4.50. The van der Waals surface area contributed by atoms with Crippen molar-refractivity contribution in [1.82, 2.24) is 5.32 Å². The van der Waals surface area contributed by atoms with Gasteiger partial charge in [-0.2, -0.15) is 0 Å². The fraction of sp³-hybridized carbons (Fsp3) is 0.286. The van der Waals surface area contributed by atoms with Crippen molar-refractivity contribution in [3.63, 3.8) is 0 Å². The molecular formula is C7H10N2. The molecule has 1 aliphatic heterocycles. The lowest BCUT2D eigenvalue weighted by atomic mass is 10.5. The molecule has 0 spiro atoms. The fourth-order valence-corrected chi connectivity index (χ4v) is 0.584. The van der Waals surface area contributed by atoms with Crippen LogP contribution in [-0.2, 0) is 0 Å². The third-order valence-electron chi connectivity index (χ3n) is 1.01. The number of hydrogen-bond donors (Lipinski definition) is 1. The van der Waals surface area contributed by atoms with Gasteiger partial charge in [-0.05, 0) is 12.3 Å². The second kappa shape index (κ2) is 3.89. The molecule has 0 bridgehead atoms. The second-order valence-corrected chi connectivity index (χ2v) is 1.74.